The van der Waals surface area contributed by atoms with Gasteiger partial charge < -0.3 is 10.4 Å². The minimum Gasteiger partial charge on any atom is -0.387 e. The van der Waals surface area contributed by atoms with Gasteiger partial charge in [0.1, 0.15) is 0 Å². The molecule has 0 aliphatic heterocycles. The summed E-state index contributed by atoms with van der Waals surface area (Å²) in [5.41, 5.74) is 0. The van der Waals surface area contributed by atoms with E-state index in [0.717, 1.165) is 83.5 Å². The Morgan fingerprint density at radius 1 is 0.528 bits per heavy atom. The van der Waals surface area contributed by atoms with E-state index in [1.807, 2.05) is 0 Å². The van der Waals surface area contributed by atoms with Crippen LogP contribution >= 0.6 is 0 Å². The van der Waals surface area contributed by atoms with E-state index in [1.54, 1.807) is 6.08 Å². The molecule has 0 saturated heterocycles. The number of carbonyl (C=O) groups is 1. The molecule has 0 spiro atoms. The number of nitrogens with one attached hydrogen (secondary N) is 1. The molecule has 0 aromatic heterocycles. The van der Waals surface area contributed by atoms with E-state index in [0.29, 0.717) is 12.8 Å². The predicted octanol–water partition coefficient (Wildman–Crippen LogP) is 12.8. The van der Waals surface area contributed by atoms with E-state index in [9.17, 15) is 22.9 Å². The van der Waals surface area contributed by atoms with Gasteiger partial charge in [0.05, 0.1) is 17.9 Å². The van der Waals surface area contributed by atoms with E-state index >= 15 is 0 Å². The molecular weight excluding hydrogens is 679 g/mol. The van der Waals surface area contributed by atoms with Crippen LogP contribution in [0.1, 0.15) is 181 Å². The molecule has 7 heteroatoms. The van der Waals surface area contributed by atoms with Gasteiger partial charge in [-0.15, -0.1) is 0 Å². The largest absolute Gasteiger partial charge is 0.387 e. The maximum absolute atomic E-state index is 12.5. The van der Waals surface area contributed by atoms with Crippen molar-refractivity contribution in [3.8, 4) is 0 Å². The Morgan fingerprint density at radius 3 is 1.42 bits per heavy atom. The first kappa shape index (κ1) is 50.5. The topological polar surface area (TPSA) is 104 Å². The fraction of sp³-hybridized carbons (Fsp3) is 0.674. The number of rotatable bonds is 37. The average molecular weight is 758 g/mol. The van der Waals surface area contributed by atoms with Crippen molar-refractivity contribution in [3.05, 3.63) is 85.1 Å². The number of hydrogen-bond acceptors (Lipinski definition) is 4. The van der Waals surface area contributed by atoms with Crippen LogP contribution in [0.2, 0.25) is 0 Å². The first-order valence-corrected chi connectivity index (χ1v) is 22.9. The normalized spacial score (nSPS) is 14.1. The molecule has 0 fully saturated rings. The zero-order valence-corrected chi connectivity index (χ0v) is 34.7. The van der Waals surface area contributed by atoms with Crippen LogP contribution < -0.4 is 5.32 Å². The highest BCUT2D eigenvalue weighted by Gasteiger charge is 2.24. The Kier molecular flexibility index (Phi) is 37.4. The summed E-state index contributed by atoms with van der Waals surface area (Å²) in [6.45, 7) is 4.41. The Bertz CT molecular complexity index is 1150. The van der Waals surface area contributed by atoms with E-state index < -0.39 is 28.0 Å². The Hall–Kier alpha value is -2.48. The summed E-state index contributed by atoms with van der Waals surface area (Å²) >= 11 is 0. The van der Waals surface area contributed by atoms with Crippen LogP contribution in [0.4, 0.5) is 0 Å². The molecule has 6 nitrogen and oxygen atoms in total. The van der Waals surface area contributed by atoms with Gasteiger partial charge in [0.15, 0.2) is 0 Å². The maximum atomic E-state index is 12.5. The van der Waals surface area contributed by atoms with E-state index in [1.165, 1.54) is 70.3 Å². The SMILES string of the molecule is CC/C=C\C/C=C\C/C=C\C/C=C\CCCCCCCCC(=O)NC(CS(=O)(=O)O)C(O)/C=C/CC/C=C/CC/C=C/CCCCCCCCCCC. The molecule has 3 N–H and O–H groups in total. The van der Waals surface area contributed by atoms with Gasteiger partial charge in [-0.05, 0) is 83.5 Å². The van der Waals surface area contributed by atoms with E-state index in [-0.39, 0.29) is 12.3 Å². The molecule has 0 aliphatic carbocycles. The summed E-state index contributed by atoms with van der Waals surface area (Å²) in [6.07, 6.45) is 57.1. The second-order valence-electron chi connectivity index (χ2n) is 14.2. The molecule has 0 aliphatic rings. The van der Waals surface area contributed by atoms with Gasteiger partial charge in [-0.3, -0.25) is 9.35 Å². The van der Waals surface area contributed by atoms with Gasteiger partial charge in [-0.2, -0.15) is 8.42 Å². The summed E-state index contributed by atoms with van der Waals surface area (Å²) < 4.78 is 32.5. The Balaban J connectivity index is 4.04. The third kappa shape index (κ3) is 40.5. The van der Waals surface area contributed by atoms with Crippen molar-refractivity contribution in [2.75, 3.05) is 5.75 Å². The monoisotopic (exact) mass is 758 g/mol. The van der Waals surface area contributed by atoms with Gasteiger partial charge in [-0.25, -0.2) is 0 Å². The van der Waals surface area contributed by atoms with Gasteiger partial charge in [0.25, 0.3) is 10.1 Å². The van der Waals surface area contributed by atoms with Crippen molar-refractivity contribution in [2.45, 2.75) is 193 Å². The highest BCUT2D eigenvalue weighted by molar-refractivity contribution is 7.85. The highest BCUT2D eigenvalue weighted by atomic mass is 32.2. The highest BCUT2D eigenvalue weighted by Crippen LogP contribution is 2.12. The molecule has 0 saturated carbocycles. The molecule has 0 radical (unpaired) electrons. The van der Waals surface area contributed by atoms with Gasteiger partial charge in [-0.1, -0.05) is 176 Å². The number of carbonyl (C=O) groups excluding carboxylic acids is 1. The van der Waals surface area contributed by atoms with Gasteiger partial charge >= 0.3 is 0 Å². The van der Waals surface area contributed by atoms with Crippen LogP contribution in [0.5, 0.6) is 0 Å². The minimum atomic E-state index is -4.37. The lowest BCUT2D eigenvalue weighted by atomic mass is 10.1. The number of allylic oxidation sites excluding steroid dienone is 13. The van der Waals surface area contributed by atoms with Crippen molar-refractivity contribution in [3.63, 3.8) is 0 Å². The first-order chi connectivity index (χ1) is 25.8. The minimum absolute atomic E-state index is 0.263. The maximum Gasteiger partial charge on any atom is 0.267 e. The molecule has 0 aromatic rings. The lowest BCUT2D eigenvalue weighted by Gasteiger charge is -2.21. The number of hydrogen-bond donors (Lipinski definition) is 3. The summed E-state index contributed by atoms with van der Waals surface area (Å²) in [4.78, 5) is 12.5. The summed E-state index contributed by atoms with van der Waals surface area (Å²) in [5, 5.41) is 13.2. The van der Waals surface area contributed by atoms with E-state index in [4.69, 9.17) is 0 Å². The molecule has 2 unspecified atom stereocenters. The smallest absolute Gasteiger partial charge is 0.267 e. The summed E-state index contributed by atoms with van der Waals surface area (Å²) in [5.74, 6) is -1.04. The number of aliphatic hydroxyl groups is 1. The molecule has 304 valence electrons. The number of unbranched alkanes of at least 4 members (excludes halogenated alkanes) is 17. The van der Waals surface area contributed by atoms with Crippen LogP contribution in [0.25, 0.3) is 0 Å². The van der Waals surface area contributed by atoms with Crippen molar-refractivity contribution in [1.29, 1.82) is 0 Å². The third-order valence-electron chi connectivity index (χ3n) is 9.03. The van der Waals surface area contributed by atoms with Crippen LogP contribution in [-0.2, 0) is 14.9 Å². The molecule has 0 rings (SSSR count). The lowest BCUT2D eigenvalue weighted by Crippen LogP contribution is -2.46. The fourth-order valence-corrected chi connectivity index (χ4v) is 6.62. The average Bonchev–Trinajstić information content (AvgIpc) is 3.12. The van der Waals surface area contributed by atoms with Crippen molar-refractivity contribution in [2.24, 2.45) is 0 Å². The summed E-state index contributed by atoms with van der Waals surface area (Å²) in [7, 11) is -4.37. The number of amides is 1. The zero-order valence-electron chi connectivity index (χ0n) is 33.9. The quantitative estimate of drug-likeness (QED) is 0.0332. The van der Waals surface area contributed by atoms with Crippen LogP contribution in [-0.4, -0.2) is 41.9 Å². The molecule has 0 aromatic carbocycles. The fourth-order valence-electron chi connectivity index (χ4n) is 5.88. The standard InChI is InChI=1S/C46H79NO5S/c1-3-5-7-9-11-13-15-17-19-21-23-25-27-29-31-33-35-37-39-41-45(48)44(43-53(50,51)52)47-46(49)42-40-38-36-34-32-30-28-26-24-22-20-18-16-14-12-10-8-6-4-2/h6,8,12,14,18,20,23-26,31,33,39,41,44-45,48H,3-5,7,9-11,13,15-17,19,21-22,27-30,32,34-38,40,42-43H2,1-2H3,(H,47,49)(H,50,51,52)/b8-6-,14-12-,20-18-,25-23+,26-24-,33-31+,41-39+. The lowest BCUT2D eigenvalue weighted by molar-refractivity contribution is -0.122. The number of aliphatic hydroxyl groups excluding tert-OH is 1. The summed E-state index contributed by atoms with van der Waals surface area (Å²) in [6, 6.07) is -1.09. The molecular formula is C46H79NO5S. The van der Waals surface area contributed by atoms with Crippen molar-refractivity contribution >= 4 is 16.0 Å². The molecule has 2 atom stereocenters. The van der Waals surface area contributed by atoms with Crippen LogP contribution in [0.3, 0.4) is 0 Å². The van der Waals surface area contributed by atoms with Gasteiger partial charge in [0.2, 0.25) is 5.91 Å². The van der Waals surface area contributed by atoms with E-state index in [2.05, 4.69) is 92.1 Å². The molecule has 0 heterocycles. The van der Waals surface area contributed by atoms with Crippen molar-refractivity contribution in [1.82, 2.24) is 5.32 Å². The van der Waals surface area contributed by atoms with Crippen LogP contribution in [0.15, 0.2) is 85.1 Å². The Labute approximate surface area is 326 Å². The van der Waals surface area contributed by atoms with Crippen molar-refractivity contribution < 1.29 is 22.9 Å². The predicted molar refractivity (Wildman–Crippen MR) is 230 cm³/mol. The third-order valence-corrected chi connectivity index (χ3v) is 9.81. The zero-order chi connectivity index (χ0) is 38.9. The second-order valence-corrected chi connectivity index (χ2v) is 15.7. The Morgan fingerprint density at radius 2 is 0.925 bits per heavy atom. The molecule has 0 bridgehead atoms. The molecule has 1 amide bonds. The molecule has 53 heavy (non-hydrogen) atoms. The first-order valence-electron chi connectivity index (χ1n) is 21.3. The van der Waals surface area contributed by atoms with Crippen LogP contribution in [0, 0.1) is 0 Å². The second kappa shape index (κ2) is 39.2. The van der Waals surface area contributed by atoms with Gasteiger partial charge in [0, 0.05) is 6.42 Å².